The van der Waals surface area contributed by atoms with Crippen molar-refractivity contribution in [3.8, 4) is 0 Å². The van der Waals surface area contributed by atoms with Gasteiger partial charge in [0, 0.05) is 0 Å². The van der Waals surface area contributed by atoms with Gasteiger partial charge >= 0.3 is 17.9 Å². The van der Waals surface area contributed by atoms with Crippen molar-refractivity contribution in [1.29, 1.82) is 0 Å². The molecule has 0 saturated carbocycles. The fourth-order valence-corrected chi connectivity index (χ4v) is 4.25. The highest BCUT2D eigenvalue weighted by Crippen LogP contribution is 2.20. The Morgan fingerprint density at radius 2 is 1.00 bits per heavy atom. The van der Waals surface area contributed by atoms with Crippen molar-refractivity contribution >= 4 is 39.5 Å². The number of rotatable bonds is 4. The second kappa shape index (κ2) is 15.8. The van der Waals surface area contributed by atoms with E-state index >= 15 is 0 Å². The third-order valence-corrected chi connectivity index (χ3v) is 6.14. The highest BCUT2D eigenvalue weighted by molar-refractivity contribution is 6.04. The zero-order valence-electron chi connectivity index (χ0n) is 28.0. The van der Waals surface area contributed by atoms with Gasteiger partial charge in [-0.3, -0.25) is 0 Å². The van der Waals surface area contributed by atoms with Crippen LogP contribution in [0, 0.1) is 0 Å². The molecule has 0 saturated heterocycles. The lowest BCUT2D eigenvalue weighted by atomic mass is 10.0. The predicted molar refractivity (Wildman–Crippen MR) is 185 cm³/mol. The summed E-state index contributed by atoms with van der Waals surface area (Å²) in [6, 6.07) is 36.0. The van der Waals surface area contributed by atoms with E-state index in [1.807, 2.05) is 146 Å². The molecule has 0 radical (unpaired) electrons. The molecule has 5 rings (SSSR count). The molecule has 0 bridgehead atoms. The van der Waals surface area contributed by atoms with Crippen molar-refractivity contribution in [3.63, 3.8) is 0 Å². The van der Waals surface area contributed by atoms with Gasteiger partial charge in [0.2, 0.25) is 0 Å². The number of fused-ring (bicyclic) bond motifs is 2. The van der Waals surface area contributed by atoms with Gasteiger partial charge in [0.15, 0.2) is 0 Å². The van der Waals surface area contributed by atoms with E-state index in [1.54, 1.807) is 24.3 Å². The van der Waals surface area contributed by atoms with Crippen LogP contribution in [0.3, 0.4) is 0 Å². The van der Waals surface area contributed by atoms with Crippen molar-refractivity contribution in [2.24, 2.45) is 0 Å². The van der Waals surface area contributed by atoms with E-state index in [0.29, 0.717) is 16.7 Å². The molecule has 0 N–H and O–H groups in total. The standard InChI is InChI=1S/C15H16O2.C14H14O2.C11H14O2/c1-15(2,3)17-14(16)13-9-8-11-6-4-5-7-12(11)10-13;1-10(2)16-14(15)13-9-5-7-11-6-3-4-8-12(11)13;1-11(2,3)13-10(12)9-7-5-4-6-8-9/h4-10H,1-3H3;3-10H,1-2H3;4-8H,1-3H3. The zero-order valence-corrected chi connectivity index (χ0v) is 28.0. The number of benzene rings is 5. The second-order valence-corrected chi connectivity index (χ2v) is 12.9. The first-order valence-electron chi connectivity index (χ1n) is 15.3. The van der Waals surface area contributed by atoms with E-state index in [4.69, 9.17) is 14.2 Å². The van der Waals surface area contributed by atoms with Gasteiger partial charge in [-0.05, 0) is 107 Å². The number of hydrogen-bond acceptors (Lipinski definition) is 6. The van der Waals surface area contributed by atoms with Crippen molar-refractivity contribution in [2.75, 3.05) is 0 Å². The molecule has 0 aromatic heterocycles. The molecule has 0 fully saturated rings. The lowest BCUT2D eigenvalue weighted by molar-refractivity contribution is 0.00571. The molecule has 5 aromatic carbocycles. The molecule has 0 aliphatic carbocycles. The summed E-state index contributed by atoms with van der Waals surface area (Å²) < 4.78 is 15.7. The minimum atomic E-state index is -0.456. The van der Waals surface area contributed by atoms with Crippen LogP contribution in [0.25, 0.3) is 21.5 Å². The van der Waals surface area contributed by atoms with Crippen LogP contribution in [0.5, 0.6) is 0 Å². The highest BCUT2D eigenvalue weighted by Gasteiger charge is 2.18. The van der Waals surface area contributed by atoms with E-state index in [-0.39, 0.29) is 24.0 Å². The van der Waals surface area contributed by atoms with E-state index in [9.17, 15) is 14.4 Å². The SMILES string of the molecule is CC(C)(C)OC(=O)c1ccc2ccccc2c1.CC(C)(C)OC(=O)c1ccccc1.CC(C)OC(=O)c1cccc2ccccc12. The molecule has 0 aliphatic rings. The fraction of sp³-hybridized carbons (Fsp3) is 0.275. The lowest BCUT2D eigenvalue weighted by Gasteiger charge is -2.19. The molecule has 5 aromatic rings. The van der Waals surface area contributed by atoms with Crippen LogP contribution in [0.15, 0.2) is 115 Å². The molecule has 0 spiro atoms. The molecule has 0 heterocycles. The van der Waals surface area contributed by atoms with Crippen LogP contribution >= 0.6 is 0 Å². The van der Waals surface area contributed by atoms with E-state index in [2.05, 4.69) is 0 Å². The first-order chi connectivity index (χ1) is 21.6. The lowest BCUT2D eigenvalue weighted by Crippen LogP contribution is -2.23. The van der Waals surface area contributed by atoms with Crippen LogP contribution in [0.2, 0.25) is 0 Å². The number of hydrogen-bond donors (Lipinski definition) is 0. The third-order valence-electron chi connectivity index (χ3n) is 6.14. The van der Waals surface area contributed by atoms with E-state index in [0.717, 1.165) is 21.5 Å². The molecule has 0 unspecified atom stereocenters. The number of ether oxygens (including phenoxy) is 3. The maximum Gasteiger partial charge on any atom is 0.339 e. The van der Waals surface area contributed by atoms with Gasteiger partial charge in [-0.2, -0.15) is 0 Å². The van der Waals surface area contributed by atoms with Gasteiger partial charge in [0.25, 0.3) is 0 Å². The normalized spacial score (nSPS) is 11.1. The van der Waals surface area contributed by atoms with Crippen LogP contribution in [0.4, 0.5) is 0 Å². The average Bonchev–Trinajstić information content (AvgIpc) is 2.99. The summed E-state index contributed by atoms with van der Waals surface area (Å²) in [6.07, 6.45) is -0.0912. The maximum atomic E-state index is 11.9. The molecule has 46 heavy (non-hydrogen) atoms. The largest absolute Gasteiger partial charge is 0.459 e. The minimum absolute atomic E-state index is 0.0912. The first-order valence-corrected chi connectivity index (χ1v) is 15.3. The Labute approximate surface area is 272 Å². The molecule has 0 amide bonds. The maximum absolute atomic E-state index is 11.9. The fourth-order valence-electron chi connectivity index (χ4n) is 4.25. The van der Waals surface area contributed by atoms with Gasteiger partial charge in [0.05, 0.1) is 22.8 Å². The Bertz CT molecular complexity index is 1750. The van der Waals surface area contributed by atoms with Crippen LogP contribution in [0.1, 0.15) is 86.5 Å². The third kappa shape index (κ3) is 11.5. The molecule has 6 heteroatoms. The summed E-state index contributed by atoms with van der Waals surface area (Å²) in [5.74, 6) is -0.803. The van der Waals surface area contributed by atoms with E-state index < -0.39 is 11.2 Å². The molecule has 0 atom stereocenters. The van der Waals surface area contributed by atoms with Crippen LogP contribution in [-0.2, 0) is 14.2 Å². The summed E-state index contributed by atoms with van der Waals surface area (Å²) >= 11 is 0. The van der Waals surface area contributed by atoms with Crippen LogP contribution in [-0.4, -0.2) is 35.2 Å². The molecular formula is C40H44O6. The second-order valence-electron chi connectivity index (χ2n) is 12.9. The summed E-state index contributed by atoms with van der Waals surface area (Å²) in [4.78, 5) is 35.2. The van der Waals surface area contributed by atoms with E-state index in [1.165, 1.54) is 0 Å². The Morgan fingerprint density at radius 1 is 0.500 bits per heavy atom. The number of carbonyl (C=O) groups is 3. The molecule has 240 valence electrons. The van der Waals surface area contributed by atoms with Gasteiger partial charge in [-0.15, -0.1) is 0 Å². The zero-order chi connectivity index (χ0) is 33.9. The molecule has 6 nitrogen and oxygen atoms in total. The monoisotopic (exact) mass is 620 g/mol. The Kier molecular flexibility index (Phi) is 12.2. The highest BCUT2D eigenvalue weighted by atomic mass is 16.6. The van der Waals surface area contributed by atoms with Gasteiger partial charge in [-0.25, -0.2) is 14.4 Å². The Morgan fingerprint density at radius 3 is 1.59 bits per heavy atom. The summed E-state index contributed by atoms with van der Waals surface area (Å²) in [7, 11) is 0. The van der Waals surface area contributed by atoms with Crippen molar-refractivity contribution < 1.29 is 28.6 Å². The van der Waals surface area contributed by atoms with Gasteiger partial charge in [-0.1, -0.05) is 84.9 Å². The predicted octanol–water partition coefficient (Wildman–Crippen LogP) is 9.84. The molecule has 0 aliphatic heterocycles. The summed E-state index contributed by atoms with van der Waals surface area (Å²) in [5, 5.41) is 4.17. The minimum Gasteiger partial charge on any atom is -0.459 e. The van der Waals surface area contributed by atoms with Crippen molar-refractivity contribution in [3.05, 3.63) is 132 Å². The topological polar surface area (TPSA) is 78.9 Å². The summed E-state index contributed by atoms with van der Waals surface area (Å²) in [5.41, 5.74) is 0.943. The van der Waals surface area contributed by atoms with Crippen molar-refractivity contribution in [2.45, 2.75) is 72.7 Å². The van der Waals surface area contributed by atoms with Gasteiger partial charge in [0.1, 0.15) is 11.2 Å². The molecular weight excluding hydrogens is 576 g/mol. The van der Waals surface area contributed by atoms with Gasteiger partial charge < -0.3 is 14.2 Å². The van der Waals surface area contributed by atoms with Crippen LogP contribution < -0.4 is 0 Å². The quantitative estimate of drug-likeness (QED) is 0.147. The Balaban J connectivity index is 0.000000190. The smallest absolute Gasteiger partial charge is 0.339 e. The number of esters is 3. The summed E-state index contributed by atoms with van der Waals surface area (Å²) in [6.45, 7) is 14.9. The van der Waals surface area contributed by atoms with Crippen molar-refractivity contribution in [1.82, 2.24) is 0 Å². The first kappa shape index (κ1) is 35.5. The number of carbonyl (C=O) groups excluding carboxylic acids is 3. The Hall–Kier alpha value is -4.97. The average molecular weight is 621 g/mol.